The number of hydrogen-bond donors (Lipinski definition) is 1. The molecule has 2 aliphatic rings. The van der Waals surface area contributed by atoms with Crippen molar-refractivity contribution in [2.45, 2.75) is 70.1 Å². The Morgan fingerprint density at radius 3 is 2.48 bits per heavy atom. The van der Waals surface area contributed by atoms with E-state index in [1.165, 1.54) is 61.2 Å². The summed E-state index contributed by atoms with van der Waals surface area (Å²) < 4.78 is 0. The van der Waals surface area contributed by atoms with Crippen LogP contribution in [0.1, 0.15) is 66.6 Å². The Kier molecular flexibility index (Phi) is 5.17. The number of aromatic nitrogens is 2. The highest BCUT2D eigenvalue weighted by atomic mass is 32.2. The first-order chi connectivity index (χ1) is 10.2. The molecule has 1 unspecified atom stereocenters. The van der Waals surface area contributed by atoms with Crippen molar-refractivity contribution < 1.29 is 0 Å². The summed E-state index contributed by atoms with van der Waals surface area (Å²) in [4.78, 5) is 9.66. The van der Waals surface area contributed by atoms with Gasteiger partial charge in [0.2, 0.25) is 0 Å². The molecule has 0 aromatic carbocycles. The van der Waals surface area contributed by atoms with Crippen LogP contribution in [0.25, 0.3) is 0 Å². The van der Waals surface area contributed by atoms with E-state index in [1.54, 1.807) is 0 Å². The van der Waals surface area contributed by atoms with Gasteiger partial charge in [0, 0.05) is 17.4 Å². The fourth-order valence-corrected chi connectivity index (χ4v) is 4.32. The van der Waals surface area contributed by atoms with Crippen LogP contribution in [0.5, 0.6) is 0 Å². The first-order valence-electron chi connectivity index (χ1n) is 8.43. The molecule has 1 aliphatic carbocycles. The molecule has 3 rings (SSSR count). The third-order valence-electron chi connectivity index (χ3n) is 4.52. The van der Waals surface area contributed by atoms with Gasteiger partial charge in [-0.05, 0) is 70.2 Å². The number of thioether (sulfide) groups is 1. The zero-order valence-corrected chi connectivity index (χ0v) is 14.1. The molecule has 1 aromatic heterocycles. The molecule has 116 valence electrons. The van der Waals surface area contributed by atoms with E-state index in [1.807, 2.05) is 11.8 Å². The van der Waals surface area contributed by atoms with Gasteiger partial charge in [0.15, 0.2) is 0 Å². The predicted octanol–water partition coefficient (Wildman–Crippen LogP) is 3.74. The van der Waals surface area contributed by atoms with Gasteiger partial charge in [-0.3, -0.25) is 0 Å². The average Bonchev–Trinajstić information content (AvgIpc) is 3.30. The molecule has 0 bridgehead atoms. The Morgan fingerprint density at radius 2 is 1.86 bits per heavy atom. The van der Waals surface area contributed by atoms with Crippen LogP contribution in [-0.4, -0.2) is 28.3 Å². The normalized spacial score (nSPS) is 22.5. The topological polar surface area (TPSA) is 37.8 Å². The molecule has 0 spiro atoms. The number of hydrogen-bond acceptors (Lipinski definition) is 4. The van der Waals surface area contributed by atoms with E-state index in [0.717, 1.165) is 24.8 Å². The highest BCUT2D eigenvalue weighted by Gasteiger charge is 2.21. The van der Waals surface area contributed by atoms with Crippen LogP contribution in [-0.2, 0) is 6.42 Å². The van der Waals surface area contributed by atoms with Crippen molar-refractivity contribution in [1.82, 2.24) is 15.3 Å². The number of nitrogens with zero attached hydrogens (tertiary/aromatic N) is 2. The van der Waals surface area contributed by atoms with Gasteiger partial charge in [0.05, 0.1) is 5.25 Å². The Balaban J connectivity index is 1.60. The third kappa shape index (κ3) is 4.19. The first kappa shape index (κ1) is 15.3. The van der Waals surface area contributed by atoms with E-state index in [2.05, 4.69) is 19.2 Å². The van der Waals surface area contributed by atoms with E-state index in [4.69, 9.17) is 9.97 Å². The fraction of sp³-hybridized carbons (Fsp3) is 0.765. The second-order valence-electron chi connectivity index (χ2n) is 6.42. The number of rotatable bonds is 6. The Morgan fingerprint density at radius 1 is 1.10 bits per heavy atom. The van der Waals surface area contributed by atoms with Crippen LogP contribution < -0.4 is 5.32 Å². The molecular formula is C17H27N3S. The summed E-state index contributed by atoms with van der Waals surface area (Å²) in [7, 11) is 0. The Hall–Kier alpha value is -0.610. The van der Waals surface area contributed by atoms with Crippen LogP contribution in [0.15, 0.2) is 0 Å². The fourth-order valence-electron chi connectivity index (χ4n) is 3.07. The summed E-state index contributed by atoms with van der Waals surface area (Å²) >= 11 is 2.04. The first-order valence-corrected chi connectivity index (χ1v) is 9.48. The minimum Gasteiger partial charge on any atom is -0.314 e. The van der Waals surface area contributed by atoms with Gasteiger partial charge in [0.25, 0.3) is 0 Å². The van der Waals surface area contributed by atoms with Crippen LogP contribution in [0, 0.1) is 13.8 Å². The summed E-state index contributed by atoms with van der Waals surface area (Å²) in [5, 5.41) is 4.11. The molecule has 1 aliphatic heterocycles. The van der Waals surface area contributed by atoms with Crippen molar-refractivity contribution >= 4 is 11.8 Å². The second kappa shape index (κ2) is 7.10. The molecule has 1 aromatic rings. The van der Waals surface area contributed by atoms with Crippen molar-refractivity contribution in [3.63, 3.8) is 0 Å². The lowest BCUT2D eigenvalue weighted by molar-refractivity contribution is 0.635. The monoisotopic (exact) mass is 305 g/mol. The largest absolute Gasteiger partial charge is 0.314 e. The van der Waals surface area contributed by atoms with Crippen molar-refractivity contribution in [3.05, 3.63) is 22.8 Å². The van der Waals surface area contributed by atoms with Crippen molar-refractivity contribution in [2.24, 2.45) is 0 Å². The van der Waals surface area contributed by atoms with Gasteiger partial charge in [0.1, 0.15) is 5.82 Å². The highest BCUT2D eigenvalue weighted by molar-refractivity contribution is 7.99. The van der Waals surface area contributed by atoms with Gasteiger partial charge in [-0.15, -0.1) is 0 Å². The molecule has 4 heteroatoms. The van der Waals surface area contributed by atoms with Gasteiger partial charge < -0.3 is 5.32 Å². The van der Waals surface area contributed by atoms with Crippen LogP contribution in [0.4, 0.5) is 0 Å². The van der Waals surface area contributed by atoms with E-state index < -0.39 is 0 Å². The molecule has 1 N–H and O–H groups in total. The summed E-state index contributed by atoms with van der Waals surface area (Å²) in [6, 6.07) is 0.814. The summed E-state index contributed by atoms with van der Waals surface area (Å²) in [5.41, 5.74) is 3.78. The van der Waals surface area contributed by atoms with Crippen molar-refractivity contribution in [1.29, 1.82) is 0 Å². The number of nitrogens with one attached hydrogen (secondary N) is 1. The Labute approximate surface area is 132 Å². The quantitative estimate of drug-likeness (QED) is 0.813. The maximum atomic E-state index is 4.83. The zero-order chi connectivity index (χ0) is 14.7. The van der Waals surface area contributed by atoms with E-state index in [-0.39, 0.29) is 0 Å². The summed E-state index contributed by atoms with van der Waals surface area (Å²) in [5.74, 6) is 2.34. The van der Waals surface area contributed by atoms with E-state index >= 15 is 0 Å². The van der Waals surface area contributed by atoms with Crippen LogP contribution in [0.3, 0.4) is 0 Å². The predicted molar refractivity (Wildman–Crippen MR) is 89.9 cm³/mol. The molecule has 21 heavy (non-hydrogen) atoms. The van der Waals surface area contributed by atoms with Crippen molar-refractivity contribution in [3.8, 4) is 0 Å². The third-order valence-corrected chi connectivity index (χ3v) is 5.89. The van der Waals surface area contributed by atoms with Crippen LogP contribution >= 0.6 is 11.8 Å². The lowest BCUT2D eigenvalue weighted by Crippen LogP contribution is -2.18. The second-order valence-corrected chi connectivity index (χ2v) is 7.73. The molecule has 1 atom stereocenters. The lowest BCUT2D eigenvalue weighted by atomic mass is 10.1. The van der Waals surface area contributed by atoms with E-state index in [0.29, 0.717) is 5.25 Å². The maximum absolute atomic E-state index is 4.83. The van der Waals surface area contributed by atoms with E-state index in [9.17, 15) is 0 Å². The molecular weight excluding hydrogens is 278 g/mol. The van der Waals surface area contributed by atoms with Gasteiger partial charge >= 0.3 is 0 Å². The molecule has 0 radical (unpaired) electrons. The zero-order valence-electron chi connectivity index (χ0n) is 13.3. The van der Waals surface area contributed by atoms with Gasteiger partial charge in [-0.25, -0.2) is 9.97 Å². The van der Waals surface area contributed by atoms with Crippen molar-refractivity contribution in [2.75, 3.05) is 12.3 Å². The minimum atomic E-state index is 0.529. The smallest absolute Gasteiger partial charge is 0.141 e. The minimum absolute atomic E-state index is 0.529. The molecule has 0 amide bonds. The SMILES string of the molecule is Cc1nc(C2CCCCS2)nc(C)c1CCCNC1CC1. The molecule has 1 saturated carbocycles. The van der Waals surface area contributed by atoms with Gasteiger partial charge in [-0.1, -0.05) is 6.42 Å². The average molecular weight is 305 g/mol. The molecule has 3 nitrogen and oxygen atoms in total. The standard InChI is InChI=1S/C17H27N3S/c1-12-15(6-5-10-18-14-8-9-14)13(2)20-17(19-12)16-7-3-4-11-21-16/h14,16,18H,3-11H2,1-2H3. The summed E-state index contributed by atoms with van der Waals surface area (Å²) in [6.07, 6.45) is 8.96. The molecule has 2 heterocycles. The Bertz CT molecular complexity index is 456. The molecule has 1 saturated heterocycles. The lowest BCUT2D eigenvalue weighted by Gasteiger charge is -2.21. The number of aryl methyl sites for hydroxylation is 2. The highest BCUT2D eigenvalue weighted by Crippen LogP contribution is 2.37. The van der Waals surface area contributed by atoms with Gasteiger partial charge in [-0.2, -0.15) is 11.8 Å². The maximum Gasteiger partial charge on any atom is 0.141 e. The molecule has 2 fully saturated rings. The van der Waals surface area contributed by atoms with Crippen LogP contribution in [0.2, 0.25) is 0 Å². The summed E-state index contributed by atoms with van der Waals surface area (Å²) in [6.45, 7) is 5.45.